The highest BCUT2D eigenvalue weighted by molar-refractivity contribution is 7.98. The van der Waals surface area contributed by atoms with Gasteiger partial charge in [0.2, 0.25) is 5.89 Å². The summed E-state index contributed by atoms with van der Waals surface area (Å²) in [5.41, 5.74) is 15.9. The molecule has 2 aromatic carbocycles. The van der Waals surface area contributed by atoms with Crippen LogP contribution >= 0.6 is 11.8 Å². The Morgan fingerprint density at radius 3 is 2.34 bits per heavy atom. The maximum absolute atomic E-state index is 12.4. The third kappa shape index (κ3) is 6.10. The van der Waals surface area contributed by atoms with Crippen LogP contribution in [0.15, 0.2) is 59.2 Å². The summed E-state index contributed by atoms with van der Waals surface area (Å²) < 4.78 is 5.37. The van der Waals surface area contributed by atoms with Crippen LogP contribution in [0.4, 0.5) is 11.4 Å². The van der Waals surface area contributed by atoms with E-state index in [0.29, 0.717) is 11.6 Å². The van der Waals surface area contributed by atoms with Gasteiger partial charge in [-0.15, -0.1) is 0 Å². The molecule has 1 heterocycles. The number of thioether (sulfide) groups is 1. The smallest absolute Gasteiger partial charge is 0.277 e. The normalized spacial score (nSPS) is 11.9. The largest absolute Gasteiger partial charge is 0.446 e. The number of anilines is 2. The number of amides is 1. The Hall–Kier alpha value is -2.77. The van der Waals surface area contributed by atoms with Crippen LogP contribution in [0, 0.1) is 0 Å². The third-order valence-corrected chi connectivity index (χ3v) is 5.24. The topological polar surface area (TPSA) is 107 Å². The van der Waals surface area contributed by atoms with E-state index in [1.54, 1.807) is 11.8 Å². The fraction of sp³-hybridized carbons (Fsp3) is 0.273. The molecule has 0 aliphatic carbocycles. The number of nitrogens with zero attached hydrogens (tertiary/aromatic N) is 1. The van der Waals surface area contributed by atoms with Crippen LogP contribution in [0.3, 0.4) is 0 Å². The van der Waals surface area contributed by atoms with Crippen LogP contribution in [-0.4, -0.2) is 22.9 Å². The number of carbonyl (C=O) groups is 1. The molecule has 1 unspecified atom stereocenters. The van der Waals surface area contributed by atoms with Crippen molar-refractivity contribution in [2.75, 3.05) is 23.1 Å². The number of aryl methyl sites for hydroxylation is 2. The Morgan fingerprint density at radius 2 is 1.72 bits per heavy atom. The quantitative estimate of drug-likeness (QED) is 0.460. The molecule has 0 aliphatic heterocycles. The van der Waals surface area contributed by atoms with Gasteiger partial charge in [0.25, 0.3) is 5.91 Å². The number of hydrogen-bond acceptors (Lipinski definition) is 6. The van der Waals surface area contributed by atoms with Crippen LogP contribution in [0.25, 0.3) is 0 Å². The van der Waals surface area contributed by atoms with Gasteiger partial charge >= 0.3 is 0 Å². The van der Waals surface area contributed by atoms with E-state index in [0.717, 1.165) is 30.7 Å². The Morgan fingerprint density at radius 1 is 1.10 bits per heavy atom. The SMILES string of the molecule is CSCCC(N)c1nc(C(=O)Nc2ccc(CCc3ccc(N)cc3)cc2)co1. The van der Waals surface area contributed by atoms with Crippen molar-refractivity contribution in [1.29, 1.82) is 0 Å². The first-order valence-corrected chi connectivity index (χ1v) is 10.9. The van der Waals surface area contributed by atoms with E-state index in [-0.39, 0.29) is 17.6 Å². The number of nitrogens with two attached hydrogens (primary N) is 2. The Labute approximate surface area is 175 Å². The minimum Gasteiger partial charge on any atom is -0.446 e. The van der Waals surface area contributed by atoms with E-state index in [1.165, 1.54) is 17.4 Å². The van der Waals surface area contributed by atoms with Crippen molar-refractivity contribution < 1.29 is 9.21 Å². The van der Waals surface area contributed by atoms with Crippen LogP contribution in [0.5, 0.6) is 0 Å². The van der Waals surface area contributed by atoms with Crippen molar-refractivity contribution in [2.45, 2.75) is 25.3 Å². The Bertz CT molecular complexity index is 923. The maximum Gasteiger partial charge on any atom is 0.277 e. The lowest BCUT2D eigenvalue weighted by atomic mass is 10.0. The summed E-state index contributed by atoms with van der Waals surface area (Å²) in [5, 5.41) is 2.84. The zero-order chi connectivity index (χ0) is 20.6. The molecule has 1 amide bonds. The molecule has 3 aromatic rings. The molecule has 0 saturated heterocycles. The summed E-state index contributed by atoms with van der Waals surface area (Å²) in [6.45, 7) is 0. The molecule has 6 nitrogen and oxygen atoms in total. The predicted octanol–water partition coefficient (Wildman–Crippen LogP) is 4.05. The van der Waals surface area contributed by atoms with Gasteiger partial charge in [-0.05, 0) is 66.7 Å². The second-order valence-corrected chi connectivity index (χ2v) is 7.84. The Balaban J connectivity index is 1.53. The average molecular weight is 411 g/mol. The molecule has 152 valence electrons. The summed E-state index contributed by atoms with van der Waals surface area (Å²) >= 11 is 1.71. The van der Waals surface area contributed by atoms with Crippen molar-refractivity contribution in [2.24, 2.45) is 5.73 Å². The van der Waals surface area contributed by atoms with E-state index >= 15 is 0 Å². The Kier molecular flexibility index (Phi) is 7.32. The molecule has 5 N–H and O–H groups in total. The highest BCUT2D eigenvalue weighted by Crippen LogP contribution is 2.17. The summed E-state index contributed by atoms with van der Waals surface area (Å²) in [5.74, 6) is 0.990. The van der Waals surface area contributed by atoms with Gasteiger partial charge in [0.1, 0.15) is 6.26 Å². The molecule has 0 bridgehead atoms. The second kappa shape index (κ2) is 10.1. The second-order valence-electron chi connectivity index (χ2n) is 6.85. The molecule has 0 saturated carbocycles. The third-order valence-electron chi connectivity index (χ3n) is 4.60. The fourth-order valence-corrected chi connectivity index (χ4v) is 3.34. The standard InChI is InChI=1S/C22H26N4O2S/c1-29-13-12-19(24)22-26-20(14-28-22)21(27)25-18-10-6-16(7-11-18)3-2-15-4-8-17(23)9-5-15/h4-11,14,19H,2-3,12-13,23-24H2,1H3,(H,25,27). The van der Waals surface area contributed by atoms with Crippen molar-refractivity contribution >= 4 is 29.0 Å². The molecule has 0 spiro atoms. The van der Waals surface area contributed by atoms with E-state index in [2.05, 4.69) is 10.3 Å². The van der Waals surface area contributed by atoms with Crippen LogP contribution in [0.2, 0.25) is 0 Å². The molecule has 29 heavy (non-hydrogen) atoms. The number of carbonyl (C=O) groups excluding carboxylic acids is 1. The molecular weight excluding hydrogens is 384 g/mol. The zero-order valence-corrected chi connectivity index (χ0v) is 17.2. The highest BCUT2D eigenvalue weighted by Gasteiger charge is 2.17. The van der Waals surface area contributed by atoms with E-state index in [4.69, 9.17) is 15.9 Å². The van der Waals surface area contributed by atoms with Gasteiger partial charge in [-0.2, -0.15) is 11.8 Å². The zero-order valence-electron chi connectivity index (χ0n) is 16.4. The molecule has 1 aromatic heterocycles. The first-order chi connectivity index (χ1) is 14.0. The van der Waals surface area contributed by atoms with Crippen molar-refractivity contribution in [3.05, 3.63) is 77.5 Å². The van der Waals surface area contributed by atoms with Crippen molar-refractivity contribution in [3.63, 3.8) is 0 Å². The van der Waals surface area contributed by atoms with Gasteiger partial charge in [-0.3, -0.25) is 4.79 Å². The molecule has 1 atom stereocenters. The van der Waals surface area contributed by atoms with Crippen LogP contribution in [-0.2, 0) is 12.8 Å². The van der Waals surface area contributed by atoms with E-state index in [1.807, 2.05) is 54.8 Å². The summed E-state index contributed by atoms with van der Waals surface area (Å²) in [4.78, 5) is 16.6. The van der Waals surface area contributed by atoms with E-state index in [9.17, 15) is 4.79 Å². The average Bonchev–Trinajstić information content (AvgIpc) is 3.23. The fourth-order valence-electron chi connectivity index (χ4n) is 2.85. The minimum absolute atomic E-state index is 0.229. The lowest BCUT2D eigenvalue weighted by molar-refractivity contribution is 0.102. The monoisotopic (exact) mass is 410 g/mol. The summed E-state index contributed by atoms with van der Waals surface area (Å²) in [7, 11) is 0. The summed E-state index contributed by atoms with van der Waals surface area (Å²) in [6, 6.07) is 15.4. The van der Waals surface area contributed by atoms with Crippen molar-refractivity contribution in [3.8, 4) is 0 Å². The van der Waals surface area contributed by atoms with Gasteiger partial charge < -0.3 is 21.2 Å². The molecule has 0 fully saturated rings. The number of nitrogen functional groups attached to an aromatic ring is 1. The minimum atomic E-state index is -0.313. The number of aromatic nitrogens is 1. The predicted molar refractivity (Wildman–Crippen MR) is 119 cm³/mol. The van der Waals surface area contributed by atoms with Gasteiger partial charge in [0.15, 0.2) is 5.69 Å². The number of benzene rings is 2. The lowest BCUT2D eigenvalue weighted by Gasteiger charge is -2.06. The molecule has 0 radical (unpaired) electrons. The molecule has 3 rings (SSSR count). The van der Waals surface area contributed by atoms with Gasteiger partial charge in [-0.1, -0.05) is 24.3 Å². The first-order valence-electron chi connectivity index (χ1n) is 9.50. The van der Waals surface area contributed by atoms with Crippen molar-refractivity contribution in [1.82, 2.24) is 4.98 Å². The lowest BCUT2D eigenvalue weighted by Crippen LogP contribution is -2.15. The number of rotatable bonds is 9. The maximum atomic E-state index is 12.4. The summed E-state index contributed by atoms with van der Waals surface area (Å²) in [6.07, 6.45) is 5.97. The first kappa shape index (κ1) is 21.0. The number of hydrogen-bond donors (Lipinski definition) is 3. The number of oxazole rings is 1. The van der Waals surface area contributed by atoms with Gasteiger partial charge in [-0.25, -0.2) is 4.98 Å². The van der Waals surface area contributed by atoms with Gasteiger partial charge in [0.05, 0.1) is 6.04 Å². The number of nitrogens with one attached hydrogen (secondary N) is 1. The highest BCUT2D eigenvalue weighted by atomic mass is 32.2. The van der Waals surface area contributed by atoms with E-state index < -0.39 is 0 Å². The van der Waals surface area contributed by atoms with Crippen LogP contribution < -0.4 is 16.8 Å². The van der Waals surface area contributed by atoms with Gasteiger partial charge in [0, 0.05) is 11.4 Å². The molecule has 7 heteroatoms. The van der Waals surface area contributed by atoms with Crippen LogP contribution in [0.1, 0.15) is 40.0 Å². The molecule has 0 aliphatic rings. The molecular formula is C22H26N4O2S.